The zero-order chi connectivity index (χ0) is 15.6. The highest BCUT2D eigenvalue weighted by Crippen LogP contribution is 2.26. The van der Waals surface area contributed by atoms with Crippen molar-refractivity contribution >= 4 is 40.5 Å². The lowest BCUT2D eigenvalue weighted by Crippen LogP contribution is -2.14. The van der Waals surface area contributed by atoms with Gasteiger partial charge in [-0.2, -0.15) is 0 Å². The highest BCUT2D eigenvalue weighted by atomic mass is 35.5. The number of nitro benzene ring substituents is 1. The number of amides is 1. The number of benzene rings is 1. The summed E-state index contributed by atoms with van der Waals surface area (Å²) in [6.45, 7) is 1.75. The summed E-state index contributed by atoms with van der Waals surface area (Å²) >= 11 is 11.8. The van der Waals surface area contributed by atoms with E-state index in [2.05, 4.69) is 10.3 Å². The van der Waals surface area contributed by atoms with Crippen LogP contribution in [0.3, 0.4) is 0 Å². The monoisotopic (exact) mass is 325 g/mol. The number of carbonyl (C=O) groups is 1. The van der Waals surface area contributed by atoms with E-state index in [1.807, 2.05) is 0 Å². The number of nitrogens with one attached hydrogen (secondary N) is 1. The van der Waals surface area contributed by atoms with E-state index in [1.165, 1.54) is 18.3 Å². The van der Waals surface area contributed by atoms with Crippen molar-refractivity contribution in [1.82, 2.24) is 4.98 Å². The molecule has 0 aliphatic heterocycles. The highest BCUT2D eigenvalue weighted by molar-refractivity contribution is 6.35. The third-order valence-electron chi connectivity index (χ3n) is 2.76. The van der Waals surface area contributed by atoms with Crippen molar-refractivity contribution in [2.45, 2.75) is 6.92 Å². The summed E-state index contributed by atoms with van der Waals surface area (Å²) in [5, 5.41) is 13.6. The molecule has 6 nitrogen and oxygen atoms in total. The number of pyridine rings is 1. The molecule has 0 unspecified atom stereocenters. The summed E-state index contributed by atoms with van der Waals surface area (Å²) in [7, 11) is 0. The maximum Gasteiger partial charge on any atom is 0.270 e. The molecule has 0 atom stereocenters. The number of nitro groups is 1. The Balaban J connectivity index is 2.37. The van der Waals surface area contributed by atoms with Crippen LogP contribution in [0.1, 0.15) is 15.9 Å². The Morgan fingerprint density at radius 1 is 1.33 bits per heavy atom. The molecule has 8 heteroatoms. The molecule has 2 rings (SSSR count). The standard InChI is InChI=1S/C13H9Cl2N3O3/c1-7-4-5-16-12(15)11(7)17-13(19)9-6-8(18(20)21)2-3-10(9)14/h2-6H,1H3,(H,17,19). The molecule has 1 aromatic heterocycles. The number of halogens is 2. The van der Waals surface area contributed by atoms with E-state index in [-0.39, 0.29) is 21.4 Å². The number of aromatic nitrogens is 1. The molecule has 2 aromatic rings. The van der Waals surface area contributed by atoms with Crippen LogP contribution in [0.15, 0.2) is 30.5 Å². The molecule has 1 aromatic carbocycles. The van der Waals surface area contributed by atoms with Crippen molar-refractivity contribution in [3.05, 3.63) is 61.9 Å². The fourth-order valence-electron chi connectivity index (χ4n) is 1.66. The van der Waals surface area contributed by atoms with Gasteiger partial charge in [-0.1, -0.05) is 23.2 Å². The average Bonchev–Trinajstić information content (AvgIpc) is 2.43. The number of hydrogen-bond donors (Lipinski definition) is 1. The SMILES string of the molecule is Cc1ccnc(Cl)c1NC(=O)c1cc([N+](=O)[O-])ccc1Cl. The van der Waals surface area contributed by atoms with E-state index in [0.29, 0.717) is 11.3 Å². The van der Waals surface area contributed by atoms with Crippen LogP contribution in [0.25, 0.3) is 0 Å². The minimum absolute atomic E-state index is 0.00909. The number of anilines is 1. The third kappa shape index (κ3) is 3.29. The molecule has 108 valence electrons. The lowest BCUT2D eigenvalue weighted by molar-refractivity contribution is -0.384. The van der Waals surface area contributed by atoms with Crippen molar-refractivity contribution in [1.29, 1.82) is 0 Å². The average molecular weight is 326 g/mol. The van der Waals surface area contributed by atoms with E-state index >= 15 is 0 Å². The highest BCUT2D eigenvalue weighted by Gasteiger charge is 2.17. The van der Waals surface area contributed by atoms with Crippen molar-refractivity contribution in [3.63, 3.8) is 0 Å². The summed E-state index contributed by atoms with van der Waals surface area (Å²) in [5.41, 5.74) is 0.820. The zero-order valence-electron chi connectivity index (χ0n) is 10.8. The first-order valence-electron chi connectivity index (χ1n) is 5.76. The van der Waals surface area contributed by atoms with Crippen LogP contribution >= 0.6 is 23.2 Å². The summed E-state index contributed by atoms with van der Waals surface area (Å²) in [5.74, 6) is -0.596. The molecule has 0 aliphatic rings. The summed E-state index contributed by atoms with van der Waals surface area (Å²) < 4.78 is 0. The van der Waals surface area contributed by atoms with Gasteiger partial charge in [0.1, 0.15) is 0 Å². The second-order valence-corrected chi connectivity index (χ2v) is 4.93. The van der Waals surface area contributed by atoms with E-state index in [9.17, 15) is 14.9 Å². The Bertz CT molecular complexity index is 714. The normalized spacial score (nSPS) is 10.2. The fourth-order valence-corrected chi connectivity index (χ4v) is 2.11. The van der Waals surface area contributed by atoms with Crippen molar-refractivity contribution in [2.75, 3.05) is 5.32 Å². The Hall–Kier alpha value is -2.18. The molecule has 0 saturated heterocycles. The molecular weight excluding hydrogens is 317 g/mol. The molecule has 0 spiro atoms. The van der Waals surface area contributed by atoms with Gasteiger partial charge in [0.2, 0.25) is 0 Å². The molecule has 1 N–H and O–H groups in total. The molecular formula is C13H9Cl2N3O3. The lowest BCUT2D eigenvalue weighted by Gasteiger charge is -2.10. The molecule has 1 amide bonds. The van der Waals surface area contributed by atoms with Crippen molar-refractivity contribution in [3.8, 4) is 0 Å². The van der Waals surface area contributed by atoms with Crippen LogP contribution in [-0.4, -0.2) is 15.8 Å². The predicted octanol–water partition coefficient (Wildman–Crippen LogP) is 3.86. The summed E-state index contributed by atoms with van der Waals surface area (Å²) in [4.78, 5) is 26.2. The fraction of sp³-hybridized carbons (Fsp3) is 0.0769. The Morgan fingerprint density at radius 3 is 2.67 bits per heavy atom. The molecule has 0 radical (unpaired) electrons. The number of nitrogens with zero attached hydrogens (tertiary/aromatic N) is 2. The van der Waals surface area contributed by atoms with Gasteiger partial charge in [-0.25, -0.2) is 4.98 Å². The predicted molar refractivity (Wildman–Crippen MR) is 80.0 cm³/mol. The van der Waals surface area contributed by atoms with Gasteiger partial charge in [0.25, 0.3) is 11.6 Å². The smallest absolute Gasteiger partial charge is 0.270 e. The number of aryl methyl sites for hydroxylation is 1. The van der Waals surface area contributed by atoms with Gasteiger partial charge >= 0.3 is 0 Å². The Labute approximate surface area is 129 Å². The first-order chi connectivity index (χ1) is 9.90. The zero-order valence-corrected chi connectivity index (χ0v) is 12.3. The minimum atomic E-state index is -0.602. The first kappa shape index (κ1) is 15.2. The van der Waals surface area contributed by atoms with Crippen LogP contribution in [0.5, 0.6) is 0 Å². The molecule has 1 heterocycles. The van der Waals surface area contributed by atoms with Crippen molar-refractivity contribution in [2.24, 2.45) is 0 Å². The Kier molecular flexibility index (Phi) is 4.40. The van der Waals surface area contributed by atoms with Crippen molar-refractivity contribution < 1.29 is 9.72 Å². The van der Waals surface area contributed by atoms with Gasteiger partial charge in [-0.3, -0.25) is 14.9 Å². The lowest BCUT2D eigenvalue weighted by atomic mass is 10.1. The quantitative estimate of drug-likeness (QED) is 0.527. The van der Waals surface area contributed by atoms with Crippen LogP contribution < -0.4 is 5.32 Å². The van der Waals surface area contributed by atoms with Gasteiger partial charge in [-0.05, 0) is 24.6 Å². The largest absolute Gasteiger partial charge is 0.319 e. The molecule has 21 heavy (non-hydrogen) atoms. The van der Waals surface area contributed by atoms with Gasteiger partial charge in [0.15, 0.2) is 5.15 Å². The number of rotatable bonds is 3. The molecule has 0 aliphatic carbocycles. The maximum atomic E-state index is 12.2. The minimum Gasteiger partial charge on any atom is -0.319 e. The van der Waals surface area contributed by atoms with Crippen LogP contribution in [0.4, 0.5) is 11.4 Å². The topological polar surface area (TPSA) is 85.1 Å². The Morgan fingerprint density at radius 2 is 2.05 bits per heavy atom. The second-order valence-electron chi connectivity index (χ2n) is 4.17. The van der Waals surface area contributed by atoms with Crippen LogP contribution in [0.2, 0.25) is 10.2 Å². The van der Waals surface area contributed by atoms with Gasteiger partial charge in [-0.15, -0.1) is 0 Å². The van der Waals surface area contributed by atoms with Crippen LogP contribution in [0, 0.1) is 17.0 Å². The maximum absolute atomic E-state index is 12.2. The first-order valence-corrected chi connectivity index (χ1v) is 6.52. The van der Waals surface area contributed by atoms with Crippen LogP contribution in [-0.2, 0) is 0 Å². The third-order valence-corrected chi connectivity index (χ3v) is 3.37. The van der Waals surface area contributed by atoms with Gasteiger partial charge in [0, 0.05) is 18.3 Å². The molecule has 0 fully saturated rings. The summed E-state index contributed by atoms with van der Waals surface area (Å²) in [6.07, 6.45) is 1.51. The van der Waals surface area contributed by atoms with E-state index in [4.69, 9.17) is 23.2 Å². The molecule has 0 bridgehead atoms. The molecule has 0 saturated carbocycles. The number of non-ortho nitro benzene ring substituents is 1. The summed E-state index contributed by atoms with van der Waals surface area (Å²) in [6, 6.07) is 5.31. The second kappa shape index (κ2) is 6.07. The van der Waals surface area contributed by atoms with E-state index in [0.717, 1.165) is 6.07 Å². The van der Waals surface area contributed by atoms with Gasteiger partial charge < -0.3 is 5.32 Å². The number of carbonyl (C=O) groups excluding carboxylic acids is 1. The van der Waals surface area contributed by atoms with Gasteiger partial charge in [0.05, 0.1) is 21.2 Å². The van der Waals surface area contributed by atoms with E-state index in [1.54, 1.807) is 13.0 Å². The van der Waals surface area contributed by atoms with E-state index < -0.39 is 10.8 Å². The number of hydrogen-bond acceptors (Lipinski definition) is 4.